The second-order valence-electron chi connectivity index (χ2n) is 10.9. The minimum atomic E-state index is -5.34. The fourth-order valence-electron chi connectivity index (χ4n) is 6.72. The van der Waals surface area contributed by atoms with Crippen LogP contribution in [-0.2, 0) is 34.7 Å². The molecule has 0 aromatic heterocycles. The SMILES string of the molecule is COC(=O)C(F)(F)S(=O)(=O)OC12CC3CC(CC(C3)C1)C2.c1ccc([S+](c2ccccc2)c2ccccc2)cc1. The number of alkyl halides is 2. The molecule has 0 radical (unpaired) electrons. The number of methoxy groups -OCH3 is 1. The van der Waals surface area contributed by atoms with Crippen molar-refractivity contribution in [1.29, 1.82) is 0 Å². The number of ether oxygens (including phenoxy) is 1. The molecule has 0 unspecified atom stereocenters. The highest BCUT2D eigenvalue weighted by atomic mass is 32.2. The van der Waals surface area contributed by atoms with E-state index in [1.54, 1.807) is 0 Å². The second kappa shape index (κ2) is 11.6. The van der Waals surface area contributed by atoms with Crippen LogP contribution < -0.4 is 0 Å². The summed E-state index contributed by atoms with van der Waals surface area (Å²) in [5.74, 6) is -1.07. The van der Waals surface area contributed by atoms with Gasteiger partial charge in [0.05, 0.1) is 23.6 Å². The molecule has 0 aliphatic heterocycles. The van der Waals surface area contributed by atoms with Crippen LogP contribution in [0.15, 0.2) is 106 Å². The molecular weight excluding hydrogens is 554 g/mol. The first-order valence-electron chi connectivity index (χ1n) is 13.4. The van der Waals surface area contributed by atoms with Gasteiger partial charge in [-0.1, -0.05) is 54.6 Å². The molecule has 9 heteroatoms. The number of carbonyl (C=O) groups excluding carboxylic acids is 1. The lowest BCUT2D eigenvalue weighted by Crippen LogP contribution is -2.55. The van der Waals surface area contributed by atoms with E-state index >= 15 is 0 Å². The van der Waals surface area contributed by atoms with Crippen molar-refractivity contribution in [2.75, 3.05) is 7.11 Å². The summed E-state index contributed by atoms with van der Waals surface area (Å²) in [6, 6.07) is 32.2. The van der Waals surface area contributed by atoms with Gasteiger partial charge in [-0.25, -0.2) is 4.79 Å². The van der Waals surface area contributed by atoms with Crippen molar-refractivity contribution in [3.05, 3.63) is 91.0 Å². The second-order valence-corrected chi connectivity index (χ2v) is 14.5. The molecule has 5 nitrogen and oxygen atoms in total. The molecule has 0 N–H and O–H groups in total. The van der Waals surface area contributed by atoms with E-state index in [9.17, 15) is 22.0 Å². The molecular formula is C31H33F2O5S2+. The van der Waals surface area contributed by atoms with Crippen molar-refractivity contribution in [3.63, 3.8) is 0 Å². The van der Waals surface area contributed by atoms with Gasteiger partial charge >= 0.3 is 21.3 Å². The Morgan fingerprint density at radius 3 is 1.43 bits per heavy atom. The molecule has 3 aromatic carbocycles. The predicted molar refractivity (Wildman–Crippen MR) is 149 cm³/mol. The maximum atomic E-state index is 13.7. The highest BCUT2D eigenvalue weighted by molar-refractivity contribution is 7.97. The summed E-state index contributed by atoms with van der Waals surface area (Å²) in [7, 11) is -4.64. The van der Waals surface area contributed by atoms with Gasteiger partial charge in [-0.3, -0.25) is 4.18 Å². The van der Waals surface area contributed by atoms with E-state index in [0.717, 1.165) is 26.4 Å². The van der Waals surface area contributed by atoms with Gasteiger partial charge in [-0.05, 0) is 92.7 Å². The van der Waals surface area contributed by atoms with Gasteiger partial charge in [-0.15, -0.1) is 0 Å². The van der Waals surface area contributed by atoms with E-state index in [2.05, 4.69) is 95.7 Å². The Kier molecular flexibility index (Phi) is 8.36. The molecule has 0 spiro atoms. The topological polar surface area (TPSA) is 69.7 Å². The van der Waals surface area contributed by atoms with E-state index in [1.165, 1.54) is 14.7 Å². The summed E-state index contributed by atoms with van der Waals surface area (Å²) in [5, 5.41) is -4.66. The maximum absolute atomic E-state index is 13.7. The first kappa shape index (κ1) is 28.8. The Balaban J connectivity index is 0.000000162. The first-order chi connectivity index (χ1) is 19.1. The zero-order valence-electron chi connectivity index (χ0n) is 22.2. The zero-order valence-corrected chi connectivity index (χ0v) is 23.9. The summed E-state index contributed by atoms with van der Waals surface area (Å²) in [5.41, 5.74) is -1.05. The fourth-order valence-corrected chi connectivity index (χ4v) is 9.88. The minimum Gasteiger partial charge on any atom is -0.464 e. The first-order valence-corrected chi connectivity index (χ1v) is 16.1. The molecule has 7 rings (SSSR count). The molecule has 4 saturated carbocycles. The summed E-state index contributed by atoms with van der Waals surface area (Å²) in [4.78, 5) is 15.1. The normalized spacial score (nSPS) is 25.2. The molecule has 212 valence electrons. The number of rotatable bonds is 7. The Morgan fingerprint density at radius 1 is 0.750 bits per heavy atom. The average Bonchev–Trinajstić information content (AvgIpc) is 2.93. The summed E-state index contributed by atoms with van der Waals surface area (Å²) in [6.07, 6.45) is 4.52. The highest BCUT2D eigenvalue weighted by Crippen LogP contribution is 2.58. The van der Waals surface area contributed by atoms with Gasteiger partial charge in [0.2, 0.25) is 0 Å². The van der Waals surface area contributed by atoms with E-state index in [-0.39, 0.29) is 10.9 Å². The largest absolute Gasteiger partial charge is 0.466 e. The molecule has 4 fully saturated rings. The Labute approximate surface area is 237 Å². The van der Waals surface area contributed by atoms with Crippen molar-refractivity contribution in [2.24, 2.45) is 17.8 Å². The lowest BCUT2D eigenvalue weighted by molar-refractivity contribution is -0.160. The van der Waals surface area contributed by atoms with Crippen LogP contribution in [0, 0.1) is 17.8 Å². The Hall–Kier alpha value is -2.75. The molecule has 0 heterocycles. The van der Waals surface area contributed by atoms with E-state index in [1.807, 2.05) is 0 Å². The molecule has 4 aliphatic rings. The van der Waals surface area contributed by atoms with E-state index in [0.29, 0.717) is 37.0 Å². The monoisotopic (exact) mass is 587 g/mol. The van der Waals surface area contributed by atoms with Gasteiger partial charge in [-0.2, -0.15) is 17.2 Å². The number of hydrogen-bond donors (Lipinski definition) is 0. The minimum absolute atomic E-state index is 0.0146. The smallest absolute Gasteiger partial charge is 0.464 e. The average molecular weight is 588 g/mol. The molecule has 0 amide bonds. The summed E-state index contributed by atoms with van der Waals surface area (Å²) in [6.45, 7) is 0. The van der Waals surface area contributed by atoms with Gasteiger partial charge in [0.25, 0.3) is 0 Å². The molecule has 0 atom stereocenters. The van der Waals surface area contributed by atoms with Gasteiger partial charge in [0.1, 0.15) is 0 Å². The highest BCUT2D eigenvalue weighted by Gasteiger charge is 2.61. The van der Waals surface area contributed by atoms with Crippen LogP contribution in [0.4, 0.5) is 8.78 Å². The van der Waals surface area contributed by atoms with Crippen LogP contribution >= 0.6 is 0 Å². The van der Waals surface area contributed by atoms with Crippen LogP contribution in [0.5, 0.6) is 0 Å². The summed E-state index contributed by atoms with van der Waals surface area (Å²) < 4.78 is 59.9. The van der Waals surface area contributed by atoms with Crippen LogP contribution in [0.3, 0.4) is 0 Å². The van der Waals surface area contributed by atoms with Gasteiger partial charge < -0.3 is 4.74 Å². The van der Waals surface area contributed by atoms with Crippen molar-refractivity contribution in [3.8, 4) is 0 Å². The molecule has 0 saturated heterocycles. The lowest BCUT2D eigenvalue weighted by atomic mass is 9.54. The van der Waals surface area contributed by atoms with Crippen molar-refractivity contribution in [1.82, 2.24) is 0 Å². The molecule has 3 aromatic rings. The lowest BCUT2D eigenvalue weighted by Gasteiger charge is -2.55. The van der Waals surface area contributed by atoms with Crippen molar-refractivity contribution in [2.45, 2.75) is 64.1 Å². The van der Waals surface area contributed by atoms with Gasteiger partial charge in [0.15, 0.2) is 14.7 Å². The maximum Gasteiger partial charge on any atom is 0.466 e. The number of hydrogen-bond acceptors (Lipinski definition) is 5. The van der Waals surface area contributed by atoms with Crippen LogP contribution in [0.1, 0.15) is 38.5 Å². The standard InChI is InChI=1S/C18H15S.C13H18F2O5S/c1-4-10-16(11-5-1)19(17-12-6-2-7-13-17)18-14-8-3-9-15-18;1-19-11(16)13(14,15)21(17,18)20-12-5-8-2-9(6-12)4-10(3-8)7-12/h1-15H;8-10H,2-7H2,1H3/q+1;. The number of benzene rings is 3. The van der Waals surface area contributed by atoms with E-state index < -0.39 is 26.9 Å². The Morgan fingerprint density at radius 2 is 1.10 bits per heavy atom. The van der Waals surface area contributed by atoms with Crippen LogP contribution in [0.25, 0.3) is 0 Å². The third-order valence-electron chi connectivity index (χ3n) is 7.94. The zero-order chi connectivity index (χ0) is 28.4. The van der Waals surface area contributed by atoms with Crippen LogP contribution in [-0.4, -0.2) is 32.4 Å². The fraction of sp³-hybridized carbons (Fsp3) is 0.387. The van der Waals surface area contributed by atoms with Crippen molar-refractivity contribution < 1.29 is 30.9 Å². The third kappa shape index (κ3) is 5.97. The Bertz CT molecular complexity index is 1270. The number of esters is 1. The van der Waals surface area contributed by atoms with Crippen LogP contribution in [0.2, 0.25) is 0 Å². The number of carbonyl (C=O) groups is 1. The molecule has 40 heavy (non-hydrogen) atoms. The predicted octanol–water partition coefficient (Wildman–Crippen LogP) is 6.85. The quantitative estimate of drug-likeness (QED) is 0.172. The van der Waals surface area contributed by atoms with Crippen molar-refractivity contribution >= 4 is 27.0 Å². The number of halogens is 2. The summed E-state index contributed by atoms with van der Waals surface area (Å²) >= 11 is 0. The molecule has 4 bridgehead atoms. The van der Waals surface area contributed by atoms with E-state index in [4.69, 9.17) is 4.18 Å². The third-order valence-corrected chi connectivity index (χ3v) is 11.5. The molecule has 4 aliphatic carbocycles. The van der Waals surface area contributed by atoms with Gasteiger partial charge in [0, 0.05) is 0 Å².